The van der Waals surface area contributed by atoms with E-state index in [1.165, 1.54) is 0 Å². The second-order valence-electron chi connectivity index (χ2n) is 4.45. The van der Waals surface area contributed by atoms with Crippen molar-refractivity contribution in [1.29, 1.82) is 0 Å². The molecule has 1 amide bonds. The van der Waals surface area contributed by atoms with Gasteiger partial charge in [-0.25, -0.2) is 0 Å². The predicted octanol–water partition coefficient (Wildman–Crippen LogP) is -0.367. The van der Waals surface area contributed by atoms with Gasteiger partial charge in [0.1, 0.15) is 6.61 Å². The molecule has 5 nitrogen and oxygen atoms in total. The number of ether oxygens (including phenoxy) is 2. The standard InChI is InChI=1S/C11H19NO4/c13-6-10-7-16-8-11(14)12(10)5-9-1-3-15-4-2-9/h9-10,13H,1-8H2. The maximum absolute atomic E-state index is 11.7. The van der Waals surface area contributed by atoms with Crippen LogP contribution in [0.1, 0.15) is 12.8 Å². The maximum Gasteiger partial charge on any atom is 0.248 e. The first kappa shape index (κ1) is 11.8. The Bertz CT molecular complexity index is 240. The SMILES string of the molecule is O=C1COCC(CO)N1CC1CCOCC1. The van der Waals surface area contributed by atoms with Crippen molar-refractivity contribution in [3.8, 4) is 0 Å². The molecule has 0 bridgehead atoms. The number of amides is 1. The first-order valence-corrected chi connectivity index (χ1v) is 5.87. The molecule has 92 valence electrons. The molecular formula is C11H19NO4. The van der Waals surface area contributed by atoms with Crippen LogP contribution in [-0.2, 0) is 14.3 Å². The van der Waals surface area contributed by atoms with E-state index in [9.17, 15) is 9.90 Å². The monoisotopic (exact) mass is 229 g/mol. The molecule has 0 aliphatic carbocycles. The molecule has 0 aromatic rings. The first-order valence-electron chi connectivity index (χ1n) is 5.87. The Balaban J connectivity index is 1.91. The van der Waals surface area contributed by atoms with E-state index in [4.69, 9.17) is 9.47 Å². The number of hydrogen-bond acceptors (Lipinski definition) is 4. The molecule has 2 rings (SSSR count). The number of nitrogens with zero attached hydrogens (tertiary/aromatic N) is 1. The molecule has 1 atom stereocenters. The van der Waals surface area contributed by atoms with E-state index in [2.05, 4.69) is 0 Å². The quantitative estimate of drug-likeness (QED) is 0.717. The topological polar surface area (TPSA) is 59.0 Å². The maximum atomic E-state index is 11.7. The highest BCUT2D eigenvalue weighted by Gasteiger charge is 2.30. The second kappa shape index (κ2) is 5.61. The Hall–Kier alpha value is -0.650. The van der Waals surface area contributed by atoms with Crippen LogP contribution in [0.4, 0.5) is 0 Å². The Morgan fingerprint density at radius 2 is 2.06 bits per heavy atom. The molecule has 1 N–H and O–H groups in total. The molecule has 0 aromatic heterocycles. The molecule has 16 heavy (non-hydrogen) atoms. The molecule has 2 heterocycles. The minimum Gasteiger partial charge on any atom is -0.394 e. The molecule has 0 spiro atoms. The fraction of sp³-hybridized carbons (Fsp3) is 0.909. The van der Waals surface area contributed by atoms with Gasteiger partial charge < -0.3 is 19.5 Å². The van der Waals surface area contributed by atoms with E-state index in [1.54, 1.807) is 4.90 Å². The van der Waals surface area contributed by atoms with Crippen LogP contribution in [0.15, 0.2) is 0 Å². The molecule has 1 unspecified atom stereocenters. The average molecular weight is 229 g/mol. The van der Waals surface area contributed by atoms with Crippen LogP contribution in [-0.4, -0.2) is 61.5 Å². The third-order valence-corrected chi connectivity index (χ3v) is 3.30. The van der Waals surface area contributed by atoms with Gasteiger partial charge in [0.25, 0.3) is 0 Å². The summed E-state index contributed by atoms with van der Waals surface area (Å²) in [7, 11) is 0. The van der Waals surface area contributed by atoms with E-state index < -0.39 is 0 Å². The van der Waals surface area contributed by atoms with E-state index in [-0.39, 0.29) is 25.2 Å². The molecule has 2 aliphatic heterocycles. The average Bonchev–Trinajstić information content (AvgIpc) is 2.33. The molecule has 0 radical (unpaired) electrons. The van der Waals surface area contributed by atoms with Crippen LogP contribution < -0.4 is 0 Å². The molecular weight excluding hydrogens is 210 g/mol. The lowest BCUT2D eigenvalue weighted by Gasteiger charge is -2.37. The van der Waals surface area contributed by atoms with Crippen molar-refractivity contribution in [2.75, 3.05) is 39.6 Å². The zero-order valence-electron chi connectivity index (χ0n) is 9.43. The normalized spacial score (nSPS) is 28.4. The van der Waals surface area contributed by atoms with Gasteiger partial charge >= 0.3 is 0 Å². The lowest BCUT2D eigenvalue weighted by molar-refractivity contribution is -0.151. The van der Waals surface area contributed by atoms with Crippen molar-refractivity contribution < 1.29 is 19.4 Å². The summed E-state index contributed by atoms with van der Waals surface area (Å²) in [6.07, 6.45) is 2.01. The van der Waals surface area contributed by atoms with Crippen LogP contribution in [0.3, 0.4) is 0 Å². The van der Waals surface area contributed by atoms with Gasteiger partial charge in [0, 0.05) is 19.8 Å². The van der Waals surface area contributed by atoms with Crippen molar-refractivity contribution in [2.45, 2.75) is 18.9 Å². The third kappa shape index (κ3) is 2.72. The summed E-state index contributed by atoms with van der Waals surface area (Å²) in [6.45, 7) is 2.89. The summed E-state index contributed by atoms with van der Waals surface area (Å²) >= 11 is 0. The van der Waals surface area contributed by atoms with Gasteiger partial charge in [-0.3, -0.25) is 4.79 Å². The van der Waals surface area contributed by atoms with Crippen molar-refractivity contribution >= 4 is 5.91 Å². The fourth-order valence-corrected chi connectivity index (χ4v) is 2.27. The zero-order chi connectivity index (χ0) is 11.4. The lowest BCUT2D eigenvalue weighted by Crippen LogP contribution is -2.53. The van der Waals surface area contributed by atoms with Gasteiger partial charge in [-0.1, -0.05) is 0 Å². The summed E-state index contributed by atoms with van der Waals surface area (Å²) in [5.74, 6) is 0.502. The zero-order valence-corrected chi connectivity index (χ0v) is 9.43. The van der Waals surface area contributed by atoms with Crippen LogP contribution in [0.2, 0.25) is 0 Å². The van der Waals surface area contributed by atoms with Gasteiger partial charge in [-0.2, -0.15) is 0 Å². The summed E-state index contributed by atoms with van der Waals surface area (Å²) in [5, 5.41) is 9.21. The second-order valence-corrected chi connectivity index (χ2v) is 4.45. The number of carbonyl (C=O) groups excluding carboxylic acids is 1. The Morgan fingerprint density at radius 3 is 2.75 bits per heavy atom. The number of rotatable bonds is 3. The van der Waals surface area contributed by atoms with Crippen LogP contribution in [0, 0.1) is 5.92 Å². The minimum atomic E-state index is -0.163. The van der Waals surface area contributed by atoms with Crippen molar-refractivity contribution in [3.63, 3.8) is 0 Å². The van der Waals surface area contributed by atoms with Crippen LogP contribution in [0.25, 0.3) is 0 Å². The molecule has 2 saturated heterocycles. The van der Waals surface area contributed by atoms with E-state index in [1.807, 2.05) is 0 Å². The smallest absolute Gasteiger partial charge is 0.248 e. The van der Waals surface area contributed by atoms with Gasteiger partial charge in [-0.15, -0.1) is 0 Å². The van der Waals surface area contributed by atoms with Crippen molar-refractivity contribution in [3.05, 3.63) is 0 Å². The van der Waals surface area contributed by atoms with Gasteiger partial charge in [0.15, 0.2) is 0 Å². The number of aliphatic hydroxyl groups is 1. The Kier molecular flexibility index (Phi) is 4.15. The molecule has 5 heteroatoms. The minimum absolute atomic E-state index is 0.00297. The highest BCUT2D eigenvalue weighted by Crippen LogP contribution is 2.19. The molecule has 0 saturated carbocycles. The largest absolute Gasteiger partial charge is 0.394 e. The lowest BCUT2D eigenvalue weighted by atomic mass is 9.98. The van der Waals surface area contributed by atoms with E-state index in [0.717, 1.165) is 32.6 Å². The Labute approximate surface area is 95.3 Å². The molecule has 2 fully saturated rings. The van der Waals surface area contributed by atoms with Crippen LogP contribution >= 0.6 is 0 Å². The summed E-state index contributed by atoms with van der Waals surface area (Å²) in [4.78, 5) is 13.5. The number of morpholine rings is 1. The summed E-state index contributed by atoms with van der Waals surface area (Å²) in [6, 6.07) is -0.163. The van der Waals surface area contributed by atoms with Crippen LogP contribution in [0.5, 0.6) is 0 Å². The van der Waals surface area contributed by atoms with Gasteiger partial charge in [0.05, 0.1) is 19.3 Å². The summed E-state index contributed by atoms with van der Waals surface area (Å²) in [5.41, 5.74) is 0. The molecule has 0 aromatic carbocycles. The van der Waals surface area contributed by atoms with Gasteiger partial charge in [0.2, 0.25) is 5.91 Å². The number of hydrogen-bond donors (Lipinski definition) is 1. The highest BCUT2D eigenvalue weighted by molar-refractivity contribution is 5.78. The predicted molar refractivity (Wildman–Crippen MR) is 56.9 cm³/mol. The molecule has 2 aliphatic rings. The highest BCUT2D eigenvalue weighted by atomic mass is 16.5. The fourth-order valence-electron chi connectivity index (χ4n) is 2.27. The summed E-state index contributed by atoms with van der Waals surface area (Å²) < 4.78 is 10.4. The first-order chi connectivity index (χ1) is 7.81. The van der Waals surface area contributed by atoms with Crippen molar-refractivity contribution in [1.82, 2.24) is 4.90 Å². The number of carbonyl (C=O) groups is 1. The Morgan fingerprint density at radius 1 is 1.31 bits per heavy atom. The van der Waals surface area contributed by atoms with Gasteiger partial charge in [-0.05, 0) is 18.8 Å². The van der Waals surface area contributed by atoms with E-state index in [0.29, 0.717) is 12.5 Å². The van der Waals surface area contributed by atoms with Crippen molar-refractivity contribution in [2.24, 2.45) is 5.92 Å². The third-order valence-electron chi connectivity index (χ3n) is 3.30. The number of aliphatic hydroxyl groups excluding tert-OH is 1. The van der Waals surface area contributed by atoms with E-state index >= 15 is 0 Å².